The standard InChI is InChI=1S/C9H7NO2.C8H8N2.C8H7NO.C8H7NS.C6H7N.C5H6N2.C5H7NO2.C5H5NO2.C4H5N3.C4H6N2.C4H7NO.C4H5NO.C4H7NS.C4H5NS/c1-10-8(11)6-4-2-3-5-7(6)9(10)12;3*1-6-9-7-4-2-3-5-8(7)10-6;1-6-4-2-3-5-7-6;1-5-6-3-2-4-7-5;2*1-6-4(7)2-3-5(6)8;1-4-6-2-5-3-7-4;5*1-4-5-2-3-6-4/h2-5H,1H3;2-5H,1H3,(H,9,10);2*2-5H,1H3;2-5H,1H3;2-4H,1H3;2-3H2,1H3;2-3H,1H3;2-3H,1H3;2-3H,1H3,(H,5,6);2-3H2,1H3;2-3H,1H3;2-3H2,1H3;2-3H,1H3. The lowest BCUT2D eigenvalue weighted by Crippen LogP contribution is -2.24. The van der Waals surface area contributed by atoms with Crippen LogP contribution >= 0.6 is 34.4 Å². The van der Waals surface area contributed by atoms with Gasteiger partial charge in [0.15, 0.2) is 23.3 Å². The number of amides is 6. The molecule has 109 heavy (non-hydrogen) atoms. The first-order valence-corrected chi connectivity index (χ1v) is 36.5. The molecule has 5 aliphatic heterocycles. The number of para-hydroxylation sites is 5. The number of nitrogens with one attached hydrogen (secondary N) is 2. The molecule has 28 nitrogen and oxygen atoms in total. The van der Waals surface area contributed by atoms with E-state index >= 15 is 0 Å². The van der Waals surface area contributed by atoms with Crippen molar-refractivity contribution in [3.05, 3.63) is 263 Å². The number of ether oxygens (including phenoxy) is 1. The van der Waals surface area contributed by atoms with Crippen LogP contribution in [0, 0.1) is 62.3 Å². The van der Waals surface area contributed by atoms with Gasteiger partial charge in [0.1, 0.15) is 54.3 Å². The number of fused-ring (bicyclic) bond motifs is 4. The number of likely N-dealkylation sites (N-methyl/N-ethyl adjacent to an activating group) is 1. The summed E-state index contributed by atoms with van der Waals surface area (Å²) in [6.07, 6.45) is 20.0. The summed E-state index contributed by atoms with van der Waals surface area (Å²) in [6, 6.07) is 38.4. The molecular weight excluding hydrogens is 1440 g/mol. The third kappa shape index (κ3) is 34.2. The van der Waals surface area contributed by atoms with E-state index in [4.69, 9.17) is 13.6 Å². The number of thiazole rings is 2. The number of nitrogens with zero attached hydrogens (tertiary/aromatic N) is 17. The third-order valence-electron chi connectivity index (χ3n) is 14.0. The number of aromatic nitrogens is 14. The first-order valence-electron chi connectivity index (χ1n) is 33.8. The Hall–Kier alpha value is -12.4. The number of benzene rings is 4. The van der Waals surface area contributed by atoms with E-state index in [1.807, 2.05) is 164 Å². The molecule has 568 valence electrons. The van der Waals surface area contributed by atoms with E-state index in [1.165, 1.54) is 66.3 Å². The van der Waals surface area contributed by atoms with Gasteiger partial charge >= 0.3 is 0 Å². The van der Waals surface area contributed by atoms with Gasteiger partial charge in [-0.3, -0.25) is 63.4 Å². The molecule has 0 radical (unpaired) electrons. The van der Waals surface area contributed by atoms with Gasteiger partial charge in [0.05, 0.1) is 60.2 Å². The number of H-pyrrole nitrogens is 2. The fourth-order valence-electron chi connectivity index (χ4n) is 8.46. The molecule has 14 heterocycles. The minimum Gasteiger partial charge on any atom is -0.479 e. The quantitative estimate of drug-likeness (QED) is 0.133. The summed E-state index contributed by atoms with van der Waals surface area (Å²) < 4.78 is 16.2. The summed E-state index contributed by atoms with van der Waals surface area (Å²) >= 11 is 5.25. The summed E-state index contributed by atoms with van der Waals surface area (Å²) in [4.78, 5) is 129. The number of hydrogen-bond donors (Lipinski definition) is 2. The van der Waals surface area contributed by atoms with Gasteiger partial charge in [-0.15, -0.1) is 34.4 Å². The fraction of sp³-hybridized carbons (Fsp3) is 0.256. The lowest BCUT2D eigenvalue weighted by molar-refractivity contribution is -0.137. The van der Waals surface area contributed by atoms with Crippen molar-refractivity contribution in [2.75, 3.05) is 46.6 Å². The molecule has 13 aromatic rings. The molecule has 1 fully saturated rings. The van der Waals surface area contributed by atoms with Crippen molar-refractivity contribution in [1.82, 2.24) is 84.5 Å². The second-order valence-corrected chi connectivity index (χ2v) is 26.2. The molecule has 31 heteroatoms. The Bertz CT molecular complexity index is 4390. The number of hydrogen-bond acceptors (Lipinski definition) is 26. The summed E-state index contributed by atoms with van der Waals surface area (Å²) in [5.41, 5.74) is 7.14. The van der Waals surface area contributed by atoms with Crippen molar-refractivity contribution in [3.8, 4) is 0 Å². The molecule has 0 atom stereocenters. The van der Waals surface area contributed by atoms with Crippen LogP contribution in [0.3, 0.4) is 0 Å². The van der Waals surface area contributed by atoms with Gasteiger partial charge in [0.2, 0.25) is 11.8 Å². The topological polar surface area (TPSA) is 359 Å². The molecule has 4 aromatic carbocycles. The van der Waals surface area contributed by atoms with Gasteiger partial charge < -0.3 is 23.5 Å². The Morgan fingerprint density at radius 2 is 1.09 bits per heavy atom. The van der Waals surface area contributed by atoms with Gasteiger partial charge in [-0.2, -0.15) is 0 Å². The molecule has 0 aliphatic carbocycles. The van der Waals surface area contributed by atoms with Gasteiger partial charge in [0.25, 0.3) is 23.6 Å². The van der Waals surface area contributed by atoms with Crippen LogP contribution in [0.25, 0.3) is 32.3 Å². The molecule has 1 saturated heterocycles. The van der Waals surface area contributed by atoms with E-state index in [1.54, 1.807) is 110 Å². The van der Waals surface area contributed by atoms with Crippen LogP contribution in [0.1, 0.15) is 98.2 Å². The number of rotatable bonds is 0. The molecule has 18 rings (SSSR count). The van der Waals surface area contributed by atoms with E-state index < -0.39 is 0 Å². The maximum atomic E-state index is 11.3. The van der Waals surface area contributed by atoms with Crippen molar-refractivity contribution >= 4 is 113 Å². The minimum atomic E-state index is -0.241. The first-order chi connectivity index (χ1) is 52.4. The second kappa shape index (κ2) is 48.7. The molecule has 0 unspecified atom stereocenters. The zero-order chi connectivity index (χ0) is 79.3. The number of pyridine rings is 1. The summed E-state index contributed by atoms with van der Waals surface area (Å²) in [6.45, 7) is 23.8. The monoisotopic (exact) mass is 1530 g/mol. The number of oxazole rings is 2. The molecule has 0 saturated carbocycles. The average Bonchev–Trinajstić information content (AvgIpc) is 1.55. The largest absolute Gasteiger partial charge is 0.479 e. The van der Waals surface area contributed by atoms with Crippen LogP contribution in [-0.2, 0) is 23.9 Å². The molecule has 0 bridgehead atoms. The Morgan fingerprint density at radius 3 is 1.46 bits per heavy atom. The van der Waals surface area contributed by atoms with Crippen molar-refractivity contribution in [1.29, 1.82) is 0 Å². The van der Waals surface area contributed by atoms with Gasteiger partial charge in [-0.05, 0) is 122 Å². The Morgan fingerprint density at radius 1 is 0.486 bits per heavy atom. The highest BCUT2D eigenvalue weighted by Gasteiger charge is 2.31. The van der Waals surface area contributed by atoms with Crippen LogP contribution in [0.4, 0.5) is 0 Å². The van der Waals surface area contributed by atoms with Gasteiger partial charge in [-0.1, -0.05) is 54.6 Å². The van der Waals surface area contributed by atoms with Crippen molar-refractivity contribution in [3.63, 3.8) is 0 Å². The highest BCUT2D eigenvalue weighted by Crippen LogP contribution is 2.22. The van der Waals surface area contributed by atoms with Crippen LogP contribution in [0.15, 0.2) is 220 Å². The molecule has 2 N–H and O–H groups in total. The predicted molar refractivity (Wildman–Crippen MR) is 427 cm³/mol. The van der Waals surface area contributed by atoms with Crippen LogP contribution in [0.2, 0.25) is 0 Å². The number of likely N-dealkylation sites (tertiary alicyclic amines) is 1. The smallest absolute Gasteiger partial charge is 0.261 e. The zero-order valence-electron chi connectivity index (χ0n) is 63.3. The number of carbonyl (C=O) groups is 6. The Labute approximate surface area is 644 Å². The average molecular weight is 1530 g/mol. The number of carbonyl (C=O) groups excluding carboxylic acids is 6. The SMILES string of the molecule is CC1=NCCO1.CC1=NCCS1.CN1C(=O)C=CC1=O.CN1C(=O)CCC1=O.CN1C(=O)c2ccccc2C1=O.Cc1ccccn1.Cc1nc2ccccc2[nH]1.Cc1nc2ccccc2o1.Cc1nc2ccccc2s1.Cc1ncc[nH]1.Cc1ncccn1.Cc1ncco1.Cc1nccs1.Cc1ncncn1. The van der Waals surface area contributed by atoms with Gasteiger partial charge in [-0.25, -0.2) is 49.8 Å². The lowest BCUT2D eigenvalue weighted by atomic mass is 10.1. The molecule has 0 spiro atoms. The van der Waals surface area contributed by atoms with Crippen LogP contribution < -0.4 is 0 Å². The van der Waals surface area contributed by atoms with Crippen LogP contribution in [0.5, 0.6) is 0 Å². The summed E-state index contributed by atoms with van der Waals surface area (Å²) in [5, 5.41) is 5.49. The number of aliphatic imine (C=N–C) groups is 2. The van der Waals surface area contributed by atoms with Crippen LogP contribution in [-0.4, -0.2) is 177 Å². The maximum Gasteiger partial charge on any atom is 0.261 e. The van der Waals surface area contributed by atoms with Gasteiger partial charge in [0, 0.05) is 127 Å². The normalized spacial score (nSPS) is 12.8. The molecule has 6 amide bonds. The highest BCUT2D eigenvalue weighted by molar-refractivity contribution is 8.14. The molecule has 5 aliphatic rings. The van der Waals surface area contributed by atoms with E-state index in [2.05, 4.69) is 92.8 Å². The summed E-state index contributed by atoms with van der Waals surface area (Å²) in [7, 11) is 4.45. The fourth-order valence-corrected chi connectivity index (χ4v) is 10.4. The number of aryl methyl sites for hydroxylation is 9. The third-order valence-corrected chi connectivity index (χ3v) is 16.6. The second-order valence-electron chi connectivity index (χ2n) is 22.6. The first kappa shape index (κ1) is 87.3. The molecule has 9 aromatic heterocycles. The maximum absolute atomic E-state index is 11.3. The van der Waals surface area contributed by atoms with Crippen molar-refractivity contribution < 1.29 is 42.3 Å². The number of imide groups is 3. The van der Waals surface area contributed by atoms with E-state index in [0.717, 1.165) is 114 Å². The Kier molecular flexibility index (Phi) is 39.0. The van der Waals surface area contributed by atoms with E-state index in [9.17, 15) is 28.8 Å². The highest BCUT2D eigenvalue weighted by atomic mass is 32.2. The zero-order valence-corrected chi connectivity index (χ0v) is 65.7. The lowest BCUT2D eigenvalue weighted by Gasteiger charge is -2.02. The predicted octanol–water partition coefficient (Wildman–Crippen LogP) is 13.9. The summed E-state index contributed by atoms with van der Waals surface area (Å²) in [5.74, 6) is 5.97. The van der Waals surface area contributed by atoms with Crippen molar-refractivity contribution in [2.24, 2.45) is 9.98 Å². The van der Waals surface area contributed by atoms with E-state index in [-0.39, 0.29) is 35.4 Å². The minimum absolute atomic E-state index is 0.0602. The number of aromatic amines is 2. The number of imidazole rings is 2. The number of thioether (sulfide) groups is 1. The Balaban J connectivity index is 0.000000211. The van der Waals surface area contributed by atoms with E-state index in [0.29, 0.717) is 24.0 Å². The molecular formula is C78H89N19O9S3. The van der Waals surface area contributed by atoms with Crippen molar-refractivity contribution in [2.45, 2.75) is 89.0 Å².